The smallest absolute Gasteiger partial charge is 0.315 e. The molecule has 9 heteroatoms. The average Bonchev–Trinajstić information content (AvgIpc) is 3.25. The molecule has 4 rings (SSSR count). The Bertz CT molecular complexity index is 794. The van der Waals surface area contributed by atoms with Crippen molar-refractivity contribution in [3.63, 3.8) is 0 Å². The van der Waals surface area contributed by atoms with Gasteiger partial charge in [0.25, 0.3) is 0 Å². The molecule has 0 radical (unpaired) electrons. The largest absolute Gasteiger partial charge is 0.486 e. The van der Waals surface area contributed by atoms with Crippen LogP contribution in [0.15, 0.2) is 18.2 Å². The van der Waals surface area contributed by atoms with Crippen molar-refractivity contribution in [2.75, 3.05) is 31.8 Å². The van der Waals surface area contributed by atoms with E-state index >= 15 is 0 Å². The summed E-state index contributed by atoms with van der Waals surface area (Å²) in [5.41, 5.74) is 0.836. The van der Waals surface area contributed by atoms with Crippen LogP contribution in [0.3, 0.4) is 0 Å². The second-order valence-electron chi connectivity index (χ2n) is 5.78. The summed E-state index contributed by atoms with van der Waals surface area (Å²) in [6, 6.07) is 5.30. The Balaban J connectivity index is 1.71. The van der Waals surface area contributed by atoms with Crippen LogP contribution >= 0.6 is 11.8 Å². The molecule has 0 bridgehead atoms. The maximum atomic E-state index is 11.5. The van der Waals surface area contributed by atoms with Gasteiger partial charge in [0, 0.05) is 24.8 Å². The topological polar surface area (TPSA) is 90.3 Å². The average molecular weight is 361 g/mol. The summed E-state index contributed by atoms with van der Waals surface area (Å²) in [5.74, 6) is 3.85. The highest BCUT2D eigenvalue weighted by Gasteiger charge is 2.28. The Morgan fingerprint density at radius 1 is 1.32 bits per heavy atom. The molecule has 132 valence electrons. The Morgan fingerprint density at radius 2 is 2.16 bits per heavy atom. The van der Waals surface area contributed by atoms with E-state index < -0.39 is 0 Å². The van der Waals surface area contributed by atoms with E-state index in [0.29, 0.717) is 31.3 Å². The molecule has 1 fully saturated rings. The maximum absolute atomic E-state index is 11.5. The summed E-state index contributed by atoms with van der Waals surface area (Å²) in [6.45, 7) is 1.58. The van der Waals surface area contributed by atoms with E-state index in [-0.39, 0.29) is 12.1 Å². The molecule has 2 N–H and O–H groups in total. The molecule has 3 heterocycles. The predicted molar refractivity (Wildman–Crippen MR) is 93.7 cm³/mol. The normalized spacial score (nSPS) is 18.8. The van der Waals surface area contributed by atoms with E-state index in [1.54, 1.807) is 16.4 Å². The number of aryl methyl sites for hydroxylation is 1. The SMILES string of the molecule is CSCCc1nc([C@@H]2CNC(=O)N2)n(-c2ccc3c(c2)OCCO3)n1. The number of amides is 2. The summed E-state index contributed by atoms with van der Waals surface area (Å²) >= 11 is 1.75. The van der Waals surface area contributed by atoms with Crippen molar-refractivity contribution in [3.05, 3.63) is 29.8 Å². The lowest BCUT2D eigenvalue weighted by molar-refractivity contribution is 0.171. The molecule has 0 saturated carbocycles. The number of nitrogens with one attached hydrogen (secondary N) is 2. The molecule has 25 heavy (non-hydrogen) atoms. The lowest BCUT2D eigenvalue weighted by atomic mass is 10.2. The summed E-state index contributed by atoms with van der Waals surface area (Å²) in [4.78, 5) is 16.2. The Kier molecular flexibility index (Phi) is 4.39. The van der Waals surface area contributed by atoms with Crippen molar-refractivity contribution in [2.45, 2.75) is 12.5 Å². The van der Waals surface area contributed by atoms with Crippen LogP contribution in [0.25, 0.3) is 5.69 Å². The van der Waals surface area contributed by atoms with Crippen LogP contribution in [-0.2, 0) is 6.42 Å². The number of benzene rings is 1. The van der Waals surface area contributed by atoms with Crippen LogP contribution in [0.1, 0.15) is 17.7 Å². The van der Waals surface area contributed by atoms with Crippen LogP contribution in [0.2, 0.25) is 0 Å². The third-order valence-electron chi connectivity index (χ3n) is 4.06. The molecule has 1 aromatic carbocycles. The van der Waals surface area contributed by atoms with Gasteiger partial charge in [-0.1, -0.05) is 0 Å². The highest BCUT2D eigenvalue weighted by molar-refractivity contribution is 7.98. The zero-order chi connectivity index (χ0) is 17.2. The molecule has 0 aliphatic carbocycles. The van der Waals surface area contributed by atoms with Crippen molar-refractivity contribution in [1.29, 1.82) is 0 Å². The number of rotatable bonds is 5. The van der Waals surface area contributed by atoms with Crippen LogP contribution < -0.4 is 20.1 Å². The van der Waals surface area contributed by atoms with Crippen molar-refractivity contribution in [2.24, 2.45) is 0 Å². The van der Waals surface area contributed by atoms with Crippen LogP contribution in [0.5, 0.6) is 11.5 Å². The highest BCUT2D eigenvalue weighted by Crippen LogP contribution is 2.32. The molecule has 2 aromatic rings. The van der Waals surface area contributed by atoms with E-state index in [2.05, 4.69) is 27.0 Å². The van der Waals surface area contributed by atoms with Gasteiger partial charge < -0.3 is 20.1 Å². The number of aromatic nitrogens is 3. The minimum atomic E-state index is -0.212. The second kappa shape index (κ2) is 6.83. The zero-order valence-corrected chi connectivity index (χ0v) is 14.6. The Morgan fingerprint density at radius 3 is 2.92 bits per heavy atom. The summed E-state index contributed by atoms with van der Waals surface area (Å²) in [6.07, 6.45) is 2.83. The van der Waals surface area contributed by atoms with E-state index in [0.717, 1.165) is 29.4 Å². The van der Waals surface area contributed by atoms with Gasteiger partial charge in [-0.15, -0.1) is 0 Å². The Labute approximate surface area is 149 Å². The van der Waals surface area contributed by atoms with Gasteiger partial charge in [0.1, 0.15) is 19.3 Å². The van der Waals surface area contributed by atoms with E-state index in [4.69, 9.17) is 9.47 Å². The molecule has 2 aliphatic heterocycles. The van der Waals surface area contributed by atoms with Gasteiger partial charge in [-0.05, 0) is 18.4 Å². The molecule has 2 aliphatic rings. The lowest BCUT2D eigenvalue weighted by Crippen LogP contribution is -2.23. The Hall–Kier alpha value is -2.42. The number of thioether (sulfide) groups is 1. The number of hydrogen-bond donors (Lipinski definition) is 2. The summed E-state index contributed by atoms with van der Waals surface area (Å²) < 4.78 is 13.0. The fraction of sp³-hybridized carbons (Fsp3) is 0.438. The van der Waals surface area contributed by atoms with Gasteiger partial charge in [-0.2, -0.15) is 16.9 Å². The third kappa shape index (κ3) is 3.23. The van der Waals surface area contributed by atoms with Crippen molar-refractivity contribution in [1.82, 2.24) is 25.4 Å². The quantitative estimate of drug-likeness (QED) is 0.834. The van der Waals surface area contributed by atoms with Gasteiger partial charge >= 0.3 is 6.03 Å². The number of carbonyl (C=O) groups excluding carboxylic acids is 1. The van der Waals surface area contributed by atoms with Crippen molar-refractivity contribution >= 4 is 17.8 Å². The van der Waals surface area contributed by atoms with Gasteiger partial charge in [0.2, 0.25) is 0 Å². The van der Waals surface area contributed by atoms with Crippen LogP contribution in [0, 0.1) is 0 Å². The van der Waals surface area contributed by atoms with E-state index in [1.807, 2.05) is 18.2 Å². The molecule has 2 amide bonds. The minimum Gasteiger partial charge on any atom is -0.486 e. The maximum Gasteiger partial charge on any atom is 0.315 e. The van der Waals surface area contributed by atoms with Crippen molar-refractivity contribution < 1.29 is 14.3 Å². The number of urea groups is 1. The number of hydrogen-bond acceptors (Lipinski definition) is 6. The fourth-order valence-electron chi connectivity index (χ4n) is 2.86. The molecule has 1 atom stereocenters. The number of fused-ring (bicyclic) bond motifs is 1. The predicted octanol–water partition coefficient (Wildman–Crippen LogP) is 1.30. The first kappa shape index (κ1) is 16.1. The molecule has 1 aromatic heterocycles. The molecule has 1 saturated heterocycles. The zero-order valence-electron chi connectivity index (χ0n) is 13.8. The van der Waals surface area contributed by atoms with E-state index in [1.165, 1.54) is 0 Å². The van der Waals surface area contributed by atoms with Crippen LogP contribution in [0.4, 0.5) is 4.79 Å². The van der Waals surface area contributed by atoms with Gasteiger partial charge in [0.05, 0.1) is 5.69 Å². The highest BCUT2D eigenvalue weighted by atomic mass is 32.2. The molecular formula is C16H19N5O3S. The lowest BCUT2D eigenvalue weighted by Gasteiger charge is -2.19. The fourth-order valence-corrected chi connectivity index (χ4v) is 3.24. The molecule has 8 nitrogen and oxygen atoms in total. The molecular weight excluding hydrogens is 342 g/mol. The summed E-state index contributed by atoms with van der Waals surface area (Å²) in [5, 5.41) is 10.3. The first-order chi connectivity index (χ1) is 12.2. The number of nitrogens with zero attached hydrogens (tertiary/aromatic N) is 3. The third-order valence-corrected chi connectivity index (χ3v) is 4.67. The number of carbonyl (C=O) groups is 1. The summed E-state index contributed by atoms with van der Waals surface area (Å²) in [7, 11) is 0. The van der Waals surface area contributed by atoms with Crippen LogP contribution in [-0.4, -0.2) is 52.6 Å². The van der Waals surface area contributed by atoms with E-state index in [9.17, 15) is 4.79 Å². The number of ether oxygens (including phenoxy) is 2. The second-order valence-corrected chi connectivity index (χ2v) is 6.76. The first-order valence-electron chi connectivity index (χ1n) is 8.14. The van der Waals surface area contributed by atoms with Gasteiger partial charge in [-0.25, -0.2) is 14.5 Å². The molecule has 0 unspecified atom stereocenters. The first-order valence-corrected chi connectivity index (χ1v) is 9.53. The monoisotopic (exact) mass is 361 g/mol. The molecule has 0 spiro atoms. The standard InChI is InChI=1S/C16H19N5O3S/c1-25-7-4-14-19-15(11-9-17-16(22)18-11)21(20-14)10-2-3-12-13(8-10)24-6-5-23-12/h2-3,8,11H,4-7,9H2,1H3,(H2,17,18,22)/t11-/m0/s1. The van der Waals surface area contributed by atoms with Gasteiger partial charge in [-0.3, -0.25) is 0 Å². The van der Waals surface area contributed by atoms with Crippen molar-refractivity contribution in [3.8, 4) is 17.2 Å². The van der Waals surface area contributed by atoms with Gasteiger partial charge in [0.15, 0.2) is 23.1 Å². The minimum absolute atomic E-state index is 0.188.